The number of hydrogen-bond donors (Lipinski definition) is 2. The SMILES string of the molecule is CC(C(=O)Nc1cnn(C(C)(C)C(=O)O)c1)C1CC1. The number of carbonyl (C=O) groups is 2. The van der Waals surface area contributed by atoms with E-state index in [1.807, 2.05) is 6.92 Å². The van der Waals surface area contributed by atoms with Crippen LogP contribution in [-0.4, -0.2) is 26.8 Å². The Morgan fingerprint density at radius 1 is 1.53 bits per heavy atom. The Morgan fingerprint density at radius 3 is 2.68 bits per heavy atom. The number of nitrogens with zero attached hydrogens (tertiary/aromatic N) is 2. The third-order valence-electron chi connectivity index (χ3n) is 3.69. The third kappa shape index (κ3) is 2.77. The Morgan fingerprint density at radius 2 is 2.16 bits per heavy atom. The molecule has 0 aliphatic heterocycles. The number of carboxylic acids is 1. The van der Waals surface area contributed by atoms with Crippen molar-refractivity contribution in [1.82, 2.24) is 9.78 Å². The molecule has 1 amide bonds. The third-order valence-corrected chi connectivity index (χ3v) is 3.69. The number of rotatable bonds is 5. The predicted octanol–water partition coefficient (Wildman–Crippen LogP) is 1.69. The van der Waals surface area contributed by atoms with Crippen molar-refractivity contribution < 1.29 is 14.7 Å². The van der Waals surface area contributed by atoms with Gasteiger partial charge in [0.25, 0.3) is 0 Å². The fourth-order valence-electron chi connectivity index (χ4n) is 1.86. The van der Waals surface area contributed by atoms with Gasteiger partial charge in [-0.15, -0.1) is 0 Å². The first-order chi connectivity index (χ1) is 8.82. The quantitative estimate of drug-likeness (QED) is 0.848. The lowest BCUT2D eigenvalue weighted by Crippen LogP contribution is -2.35. The highest BCUT2D eigenvalue weighted by molar-refractivity contribution is 5.92. The first-order valence-electron chi connectivity index (χ1n) is 6.42. The number of amides is 1. The molecule has 1 aliphatic rings. The molecule has 1 heterocycles. The van der Waals surface area contributed by atoms with E-state index in [4.69, 9.17) is 5.11 Å². The van der Waals surface area contributed by atoms with Crippen LogP contribution in [0, 0.1) is 11.8 Å². The van der Waals surface area contributed by atoms with E-state index in [1.54, 1.807) is 20.0 Å². The number of aromatic nitrogens is 2. The van der Waals surface area contributed by atoms with Gasteiger partial charge < -0.3 is 10.4 Å². The van der Waals surface area contributed by atoms with Crippen molar-refractivity contribution in [1.29, 1.82) is 0 Å². The van der Waals surface area contributed by atoms with E-state index in [0.29, 0.717) is 11.6 Å². The van der Waals surface area contributed by atoms with Crippen LogP contribution >= 0.6 is 0 Å². The Bertz CT molecular complexity index is 503. The molecule has 104 valence electrons. The summed E-state index contributed by atoms with van der Waals surface area (Å²) in [6, 6.07) is 0. The summed E-state index contributed by atoms with van der Waals surface area (Å²) in [7, 11) is 0. The van der Waals surface area contributed by atoms with E-state index >= 15 is 0 Å². The Hall–Kier alpha value is -1.85. The summed E-state index contributed by atoms with van der Waals surface area (Å²) in [5.74, 6) is -0.517. The molecule has 0 aromatic carbocycles. The molecule has 1 saturated carbocycles. The summed E-state index contributed by atoms with van der Waals surface area (Å²) in [5.41, 5.74) is -0.600. The summed E-state index contributed by atoms with van der Waals surface area (Å²) in [6.07, 6.45) is 5.24. The van der Waals surface area contributed by atoms with Crippen molar-refractivity contribution in [3.63, 3.8) is 0 Å². The first kappa shape index (κ1) is 13.6. The summed E-state index contributed by atoms with van der Waals surface area (Å²) >= 11 is 0. The van der Waals surface area contributed by atoms with Crippen LogP contribution in [-0.2, 0) is 15.1 Å². The molecule has 0 bridgehead atoms. The maximum Gasteiger partial charge on any atom is 0.331 e. The molecule has 0 spiro atoms. The minimum atomic E-state index is -1.13. The van der Waals surface area contributed by atoms with Gasteiger partial charge in [-0.2, -0.15) is 5.10 Å². The Balaban J connectivity index is 2.05. The van der Waals surface area contributed by atoms with Crippen molar-refractivity contribution >= 4 is 17.6 Å². The number of hydrogen-bond acceptors (Lipinski definition) is 3. The molecule has 1 aromatic rings. The molecule has 1 unspecified atom stereocenters. The molecule has 19 heavy (non-hydrogen) atoms. The molecule has 0 radical (unpaired) electrons. The number of anilines is 1. The van der Waals surface area contributed by atoms with Gasteiger partial charge in [-0.1, -0.05) is 6.92 Å². The van der Waals surface area contributed by atoms with E-state index in [-0.39, 0.29) is 11.8 Å². The normalized spacial score (nSPS) is 17.0. The lowest BCUT2D eigenvalue weighted by atomic mass is 10.1. The lowest BCUT2D eigenvalue weighted by Gasteiger charge is -2.19. The number of carboxylic acid groups (broad SMARTS) is 1. The highest BCUT2D eigenvalue weighted by Gasteiger charge is 2.33. The van der Waals surface area contributed by atoms with Crippen molar-refractivity contribution in [3.8, 4) is 0 Å². The second-order valence-electron chi connectivity index (χ2n) is 5.65. The van der Waals surface area contributed by atoms with Crippen LogP contribution in [0.2, 0.25) is 0 Å². The Kier molecular flexibility index (Phi) is 3.34. The number of carbonyl (C=O) groups excluding carboxylic acids is 1. The van der Waals surface area contributed by atoms with Gasteiger partial charge >= 0.3 is 5.97 Å². The van der Waals surface area contributed by atoms with Crippen molar-refractivity contribution in [2.24, 2.45) is 11.8 Å². The first-order valence-corrected chi connectivity index (χ1v) is 6.42. The van der Waals surface area contributed by atoms with Crippen LogP contribution < -0.4 is 5.32 Å². The zero-order valence-corrected chi connectivity index (χ0v) is 11.4. The molecule has 2 N–H and O–H groups in total. The molecular weight excluding hydrogens is 246 g/mol. The average Bonchev–Trinajstić information content (AvgIpc) is 3.08. The van der Waals surface area contributed by atoms with Gasteiger partial charge in [-0.3, -0.25) is 9.48 Å². The summed E-state index contributed by atoms with van der Waals surface area (Å²) in [5, 5.41) is 15.9. The fraction of sp³-hybridized carbons (Fsp3) is 0.615. The fourth-order valence-corrected chi connectivity index (χ4v) is 1.86. The minimum absolute atomic E-state index is 0.00386. The lowest BCUT2D eigenvalue weighted by molar-refractivity contribution is -0.146. The molecule has 0 saturated heterocycles. The van der Waals surface area contributed by atoms with Crippen molar-refractivity contribution in [2.75, 3.05) is 5.32 Å². The van der Waals surface area contributed by atoms with Crippen molar-refractivity contribution in [3.05, 3.63) is 12.4 Å². The van der Waals surface area contributed by atoms with Gasteiger partial charge in [0.15, 0.2) is 5.54 Å². The van der Waals surface area contributed by atoms with Gasteiger partial charge in [0, 0.05) is 12.1 Å². The zero-order chi connectivity index (χ0) is 14.2. The summed E-state index contributed by atoms with van der Waals surface area (Å²) in [4.78, 5) is 23.0. The van der Waals surface area contributed by atoms with E-state index in [9.17, 15) is 9.59 Å². The molecular formula is C13H19N3O3. The largest absolute Gasteiger partial charge is 0.479 e. The highest BCUT2D eigenvalue weighted by Crippen LogP contribution is 2.37. The molecule has 6 heteroatoms. The molecule has 2 rings (SSSR count). The number of nitrogens with one attached hydrogen (secondary N) is 1. The maximum absolute atomic E-state index is 11.9. The van der Waals surface area contributed by atoms with E-state index < -0.39 is 11.5 Å². The molecule has 1 atom stereocenters. The Labute approximate surface area is 111 Å². The average molecular weight is 265 g/mol. The molecule has 1 aromatic heterocycles. The van der Waals surface area contributed by atoms with Crippen LogP contribution in [0.25, 0.3) is 0 Å². The van der Waals surface area contributed by atoms with Crippen LogP contribution in [0.3, 0.4) is 0 Å². The van der Waals surface area contributed by atoms with Gasteiger partial charge in [0.1, 0.15) is 0 Å². The second-order valence-corrected chi connectivity index (χ2v) is 5.65. The van der Waals surface area contributed by atoms with E-state index in [0.717, 1.165) is 12.8 Å². The van der Waals surface area contributed by atoms with Crippen LogP contribution in [0.5, 0.6) is 0 Å². The number of aliphatic carboxylic acids is 1. The van der Waals surface area contributed by atoms with Gasteiger partial charge in [-0.25, -0.2) is 4.79 Å². The van der Waals surface area contributed by atoms with E-state index in [1.165, 1.54) is 10.9 Å². The van der Waals surface area contributed by atoms with Crippen LogP contribution in [0.15, 0.2) is 12.4 Å². The van der Waals surface area contributed by atoms with Gasteiger partial charge in [0.2, 0.25) is 5.91 Å². The summed E-state index contributed by atoms with van der Waals surface area (Å²) < 4.78 is 1.34. The second kappa shape index (κ2) is 4.68. The zero-order valence-electron chi connectivity index (χ0n) is 11.4. The standard InChI is InChI=1S/C13H19N3O3/c1-8(9-4-5-9)11(17)15-10-6-14-16(7-10)13(2,3)12(18)19/h6-9H,4-5H2,1-3H3,(H,15,17)(H,18,19). The monoisotopic (exact) mass is 265 g/mol. The van der Waals surface area contributed by atoms with Gasteiger partial charge in [0.05, 0.1) is 11.9 Å². The van der Waals surface area contributed by atoms with Crippen molar-refractivity contribution in [2.45, 2.75) is 39.2 Å². The van der Waals surface area contributed by atoms with Crippen LogP contribution in [0.1, 0.15) is 33.6 Å². The van der Waals surface area contributed by atoms with Crippen LogP contribution in [0.4, 0.5) is 5.69 Å². The smallest absolute Gasteiger partial charge is 0.331 e. The summed E-state index contributed by atoms with van der Waals surface area (Å²) in [6.45, 7) is 5.03. The minimum Gasteiger partial charge on any atom is -0.479 e. The topological polar surface area (TPSA) is 84.2 Å². The van der Waals surface area contributed by atoms with Gasteiger partial charge in [-0.05, 0) is 32.6 Å². The molecule has 1 fully saturated rings. The highest BCUT2D eigenvalue weighted by atomic mass is 16.4. The van der Waals surface area contributed by atoms with E-state index in [2.05, 4.69) is 10.4 Å². The predicted molar refractivity (Wildman–Crippen MR) is 69.7 cm³/mol. The molecule has 6 nitrogen and oxygen atoms in total. The maximum atomic E-state index is 11.9. The molecule has 1 aliphatic carbocycles.